The van der Waals surface area contributed by atoms with E-state index in [2.05, 4.69) is 10.1 Å². The van der Waals surface area contributed by atoms with Crippen LogP contribution in [0.2, 0.25) is 12.6 Å². The molecule has 0 spiro atoms. The van der Waals surface area contributed by atoms with E-state index in [9.17, 15) is 0 Å². The summed E-state index contributed by atoms with van der Waals surface area (Å²) in [4.78, 5) is 0. The van der Waals surface area contributed by atoms with Crippen molar-refractivity contribution in [3.63, 3.8) is 0 Å². The molecule has 2 aliphatic heterocycles. The number of nitrogens with zero attached hydrogens (tertiary/aromatic N) is 2. The average molecular weight is 166 g/mol. The molecule has 0 aromatic heterocycles. The topological polar surface area (TPSA) is 43.2 Å². The number of hydrogen-bond acceptors (Lipinski definition) is 4. The van der Waals surface area contributed by atoms with E-state index in [1.165, 1.54) is 0 Å². The Morgan fingerprint density at radius 3 is 1.67 bits per heavy atom. The van der Waals surface area contributed by atoms with Crippen molar-refractivity contribution < 1.29 is 9.47 Å². The number of rotatable bonds is 2. The fourth-order valence-electron chi connectivity index (χ4n) is 1.41. The number of ether oxygens (including phenoxy) is 2. The molecule has 64 valence electrons. The summed E-state index contributed by atoms with van der Waals surface area (Å²) >= 11 is 0. The van der Waals surface area contributed by atoms with Gasteiger partial charge in [-0.1, -0.05) is 0 Å². The van der Waals surface area contributed by atoms with E-state index in [-0.39, 0.29) is 0 Å². The van der Waals surface area contributed by atoms with Crippen LogP contribution in [0.3, 0.4) is 0 Å². The van der Waals surface area contributed by atoms with Crippen LogP contribution in [0.1, 0.15) is 0 Å². The molecule has 0 saturated carbocycles. The summed E-state index contributed by atoms with van der Waals surface area (Å²) in [6.45, 7) is 3.79. The standard InChI is InChI=1S/C6H12B2N2O2/c1-3-11-5-7(1)9-10-8-2-4-12-6-8/h1-6H2. The first-order valence-corrected chi connectivity index (χ1v) is 4.50. The van der Waals surface area contributed by atoms with E-state index in [1.807, 2.05) is 0 Å². The maximum atomic E-state index is 5.19. The van der Waals surface area contributed by atoms with Gasteiger partial charge in [-0.05, 0) is 12.6 Å². The fraction of sp³-hybridized carbons (Fsp3) is 1.00. The first kappa shape index (κ1) is 8.26. The van der Waals surface area contributed by atoms with Crippen LogP contribution < -0.4 is 0 Å². The quantitative estimate of drug-likeness (QED) is 0.444. The second kappa shape index (κ2) is 4.05. The highest BCUT2D eigenvalue weighted by molar-refractivity contribution is 6.60. The molecule has 12 heavy (non-hydrogen) atoms. The lowest BCUT2D eigenvalue weighted by Crippen LogP contribution is -2.13. The molecule has 2 aliphatic rings. The highest BCUT2D eigenvalue weighted by atomic mass is 16.5. The minimum absolute atomic E-state index is 0.311. The summed E-state index contributed by atoms with van der Waals surface area (Å²) in [6, 6.07) is 0. The molecule has 2 heterocycles. The fourth-order valence-corrected chi connectivity index (χ4v) is 1.41. The van der Waals surface area contributed by atoms with Crippen LogP contribution in [0.15, 0.2) is 10.1 Å². The van der Waals surface area contributed by atoms with Crippen molar-refractivity contribution in [1.29, 1.82) is 0 Å². The van der Waals surface area contributed by atoms with Crippen molar-refractivity contribution in [2.75, 3.05) is 26.2 Å². The molecule has 0 atom stereocenters. The maximum absolute atomic E-state index is 5.19. The molecule has 6 heteroatoms. The second-order valence-corrected chi connectivity index (χ2v) is 3.27. The Kier molecular flexibility index (Phi) is 2.79. The Bertz CT molecular complexity index is 149. The lowest BCUT2D eigenvalue weighted by molar-refractivity contribution is 0.213. The van der Waals surface area contributed by atoms with Gasteiger partial charge in [-0.25, -0.2) is 0 Å². The Labute approximate surface area is 72.9 Å². The van der Waals surface area contributed by atoms with E-state index in [4.69, 9.17) is 9.47 Å². The molecule has 2 saturated heterocycles. The number of hydrogen-bond donors (Lipinski definition) is 0. The zero-order chi connectivity index (χ0) is 8.23. The lowest BCUT2D eigenvalue weighted by atomic mass is 9.61. The van der Waals surface area contributed by atoms with Gasteiger partial charge in [0.1, 0.15) is 0 Å². The van der Waals surface area contributed by atoms with Gasteiger partial charge in [-0.15, -0.1) is 0 Å². The van der Waals surface area contributed by atoms with Gasteiger partial charge in [0.25, 0.3) is 0 Å². The summed E-state index contributed by atoms with van der Waals surface area (Å²) in [7, 11) is 0. The van der Waals surface area contributed by atoms with E-state index in [1.54, 1.807) is 0 Å². The molecular weight excluding hydrogens is 154 g/mol. The first-order valence-electron chi connectivity index (χ1n) is 4.50. The van der Waals surface area contributed by atoms with E-state index >= 15 is 0 Å². The minimum Gasteiger partial charge on any atom is -0.388 e. The first-order chi connectivity index (χ1) is 5.95. The van der Waals surface area contributed by atoms with Crippen molar-refractivity contribution in [1.82, 2.24) is 0 Å². The predicted octanol–water partition coefficient (Wildman–Crippen LogP) is 0.560. The maximum Gasteiger partial charge on any atom is 0.334 e. The lowest BCUT2D eigenvalue weighted by Gasteiger charge is -1.95. The van der Waals surface area contributed by atoms with Crippen LogP contribution >= 0.6 is 0 Å². The summed E-state index contributed by atoms with van der Waals surface area (Å²) in [6.07, 6.45) is 2.05. The smallest absolute Gasteiger partial charge is 0.334 e. The van der Waals surface area contributed by atoms with Gasteiger partial charge in [-0.2, -0.15) is 0 Å². The van der Waals surface area contributed by atoms with Gasteiger partial charge < -0.3 is 9.47 Å². The molecule has 2 rings (SSSR count). The highest BCUT2D eigenvalue weighted by Gasteiger charge is 2.24. The third kappa shape index (κ3) is 2.08. The molecule has 0 amide bonds. The molecule has 0 aromatic rings. The largest absolute Gasteiger partial charge is 0.388 e. The minimum atomic E-state index is 0.311. The molecule has 0 N–H and O–H groups in total. The second-order valence-electron chi connectivity index (χ2n) is 3.27. The Morgan fingerprint density at radius 2 is 1.33 bits per heavy atom. The van der Waals surface area contributed by atoms with Crippen LogP contribution in [0.25, 0.3) is 0 Å². The summed E-state index contributed by atoms with van der Waals surface area (Å²) in [5.74, 6) is 0. The van der Waals surface area contributed by atoms with Crippen LogP contribution in [-0.2, 0) is 9.47 Å². The SMILES string of the molecule is C1CB(N=NB2CCOC2)CO1. The van der Waals surface area contributed by atoms with Crippen molar-refractivity contribution in [2.24, 2.45) is 10.1 Å². The molecule has 0 aromatic carbocycles. The Morgan fingerprint density at radius 1 is 0.833 bits per heavy atom. The molecular formula is C6H12B2N2O2. The van der Waals surface area contributed by atoms with Gasteiger partial charge in [0.15, 0.2) is 0 Å². The van der Waals surface area contributed by atoms with Gasteiger partial charge >= 0.3 is 13.7 Å². The van der Waals surface area contributed by atoms with Crippen molar-refractivity contribution in [2.45, 2.75) is 12.6 Å². The Hall–Kier alpha value is -0.350. The van der Waals surface area contributed by atoms with Crippen LogP contribution in [-0.4, -0.2) is 39.9 Å². The monoisotopic (exact) mass is 166 g/mol. The van der Waals surface area contributed by atoms with E-state index in [0.29, 0.717) is 13.7 Å². The van der Waals surface area contributed by atoms with E-state index in [0.717, 1.165) is 38.9 Å². The molecule has 0 aliphatic carbocycles. The van der Waals surface area contributed by atoms with Crippen LogP contribution in [0, 0.1) is 0 Å². The molecule has 4 nitrogen and oxygen atoms in total. The Balaban J connectivity index is 1.75. The van der Waals surface area contributed by atoms with Gasteiger partial charge in [-0.3, -0.25) is 10.1 Å². The summed E-state index contributed by atoms with van der Waals surface area (Å²) in [5.41, 5.74) is 0. The molecule has 0 bridgehead atoms. The summed E-state index contributed by atoms with van der Waals surface area (Å²) < 4.78 is 10.4. The zero-order valence-electron chi connectivity index (χ0n) is 7.11. The highest BCUT2D eigenvalue weighted by Crippen LogP contribution is 2.09. The molecule has 0 radical (unpaired) electrons. The zero-order valence-corrected chi connectivity index (χ0v) is 7.11. The third-order valence-electron chi connectivity index (χ3n) is 2.20. The summed E-state index contributed by atoms with van der Waals surface area (Å²) in [5, 5.41) is 8.45. The van der Waals surface area contributed by atoms with Crippen molar-refractivity contribution in [3.05, 3.63) is 0 Å². The van der Waals surface area contributed by atoms with Gasteiger partial charge in [0.05, 0.1) is 13.0 Å². The molecule has 2 fully saturated rings. The van der Waals surface area contributed by atoms with Crippen LogP contribution in [0.4, 0.5) is 0 Å². The predicted molar refractivity (Wildman–Crippen MR) is 47.6 cm³/mol. The molecule has 0 unspecified atom stereocenters. The average Bonchev–Trinajstić information content (AvgIpc) is 2.74. The third-order valence-corrected chi connectivity index (χ3v) is 2.20. The van der Waals surface area contributed by atoms with Gasteiger partial charge in [0.2, 0.25) is 0 Å². The van der Waals surface area contributed by atoms with Crippen molar-refractivity contribution >= 4 is 13.7 Å². The normalized spacial score (nSPS) is 24.7. The van der Waals surface area contributed by atoms with Gasteiger partial charge in [0, 0.05) is 13.2 Å². The van der Waals surface area contributed by atoms with Crippen LogP contribution in [0.5, 0.6) is 0 Å². The van der Waals surface area contributed by atoms with E-state index < -0.39 is 0 Å². The van der Waals surface area contributed by atoms with Crippen molar-refractivity contribution in [3.8, 4) is 0 Å².